The van der Waals surface area contributed by atoms with Gasteiger partial charge in [-0.15, -0.1) is 0 Å². The van der Waals surface area contributed by atoms with Gasteiger partial charge >= 0.3 is 0 Å². The predicted octanol–water partition coefficient (Wildman–Crippen LogP) is 2.83. The van der Waals surface area contributed by atoms with Crippen molar-refractivity contribution in [3.8, 4) is 6.07 Å². The molecule has 1 aliphatic carbocycles. The first kappa shape index (κ1) is 12.9. The molecule has 0 atom stereocenters. The van der Waals surface area contributed by atoms with Crippen molar-refractivity contribution in [1.82, 2.24) is 0 Å². The second kappa shape index (κ2) is 5.88. The summed E-state index contributed by atoms with van der Waals surface area (Å²) in [6.07, 6.45) is 3.86. The van der Waals surface area contributed by atoms with Crippen LogP contribution in [0.4, 0.5) is 5.69 Å². The highest BCUT2D eigenvalue weighted by molar-refractivity contribution is 5.58. The van der Waals surface area contributed by atoms with Crippen LogP contribution in [0.15, 0.2) is 18.2 Å². The van der Waals surface area contributed by atoms with E-state index in [1.165, 1.54) is 0 Å². The molecular weight excluding hydrogens is 224 g/mol. The lowest BCUT2D eigenvalue weighted by molar-refractivity contribution is 0.111. The summed E-state index contributed by atoms with van der Waals surface area (Å²) < 4.78 is 0. The van der Waals surface area contributed by atoms with E-state index in [-0.39, 0.29) is 6.10 Å². The average molecular weight is 244 g/mol. The molecule has 0 aliphatic heterocycles. The van der Waals surface area contributed by atoms with Crippen molar-refractivity contribution in [2.24, 2.45) is 5.92 Å². The Hall–Kier alpha value is -1.53. The molecule has 3 nitrogen and oxygen atoms in total. The zero-order valence-corrected chi connectivity index (χ0v) is 10.8. The normalized spacial score (nSPS) is 23.4. The van der Waals surface area contributed by atoms with Crippen LogP contribution in [-0.2, 0) is 0 Å². The number of rotatable bonds is 3. The van der Waals surface area contributed by atoms with Crippen LogP contribution in [0.25, 0.3) is 0 Å². The van der Waals surface area contributed by atoms with E-state index in [2.05, 4.69) is 11.4 Å². The molecule has 0 spiro atoms. The van der Waals surface area contributed by atoms with Gasteiger partial charge in [-0.05, 0) is 56.2 Å². The number of aliphatic hydroxyl groups excluding tert-OH is 1. The van der Waals surface area contributed by atoms with E-state index < -0.39 is 0 Å². The third-order valence-electron chi connectivity index (χ3n) is 3.69. The summed E-state index contributed by atoms with van der Waals surface area (Å²) in [5, 5.41) is 21.9. The fourth-order valence-corrected chi connectivity index (χ4v) is 2.51. The van der Waals surface area contributed by atoms with Gasteiger partial charge in [-0.3, -0.25) is 0 Å². The fraction of sp³-hybridized carbons (Fsp3) is 0.533. The molecule has 96 valence electrons. The molecule has 0 radical (unpaired) electrons. The van der Waals surface area contributed by atoms with E-state index in [4.69, 9.17) is 5.26 Å². The second-order valence-corrected chi connectivity index (χ2v) is 5.22. The van der Waals surface area contributed by atoms with Crippen molar-refractivity contribution in [2.75, 3.05) is 11.9 Å². The van der Waals surface area contributed by atoms with Gasteiger partial charge in [0.25, 0.3) is 0 Å². The average Bonchev–Trinajstić information content (AvgIpc) is 2.38. The molecule has 1 aliphatic rings. The van der Waals surface area contributed by atoms with Gasteiger partial charge in [-0.2, -0.15) is 5.26 Å². The smallest absolute Gasteiger partial charge is 0.101 e. The number of nitrogens with zero attached hydrogens (tertiary/aromatic N) is 1. The first-order chi connectivity index (χ1) is 8.69. The minimum Gasteiger partial charge on any atom is -0.393 e. The number of hydrogen-bond acceptors (Lipinski definition) is 3. The Balaban J connectivity index is 1.94. The largest absolute Gasteiger partial charge is 0.393 e. The highest BCUT2D eigenvalue weighted by Gasteiger charge is 2.19. The van der Waals surface area contributed by atoms with Crippen LogP contribution in [0.3, 0.4) is 0 Å². The zero-order valence-electron chi connectivity index (χ0n) is 10.8. The molecule has 0 heterocycles. The molecule has 0 bridgehead atoms. The van der Waals surface area contributed by atoms with Crippen LogP contribution in [-0.4, -0.2) is 17.8 Å². The van der Waals surface area contributed by atoms with E-state index in [0.717, 1.165) is 43.5 Å². The summed E-state index contributed by atoms with van der Waals surface area (Å²) in [5.74, 6) is 0.612. The zero-order chi connectivity index (χ0) is 13.0. The van der Waals surface area contributed by atoms with Gasteiger partial charge in [-0.25, -0.2) is 0 Å². The van der Waals surface area contributed by atoms with Crippen LogP contribution >= 0.6 is 0 Å². The van der Waals surface area contributed by atoms with Crippen molar-refractivity contribution in [1.29, 1.82) is 5.26 Å². The third-order valence-corrected chi connectivity index (χ3v) is 3.69. The third kappa shape index (κ3) is 3.24. The Bertz CT molecular complexity index is 442. The van der Waals surface area contributed by atoms with Crippen LogP contribution in [0, 0.1) is 24.2 Å². The van der Waals surface area contributed by atoms with E-state index >= 15 is 0 Å². The number of benzene rings is 1. The minimum atomic E-state index is -0.102. The molecule has 0 saturated heterocycles. The summed E-state index contributed by atoms with van der Waals surface area (Å²) >= 11 is 0. The fourth-order valence-electron chi connectivity index (χ4n) is 2.51. The summed E-state index contributed by atoms with van der Waals surface area (Å²) in [7, 11) is 0. The first-order valence-electron chi connectivity index (χ1n) is 6.61. The van der Waals surface area contributed by atoms with Gasteiger partial charge in [-0.1, -0.05) is 6.07 Å². The lowest BCUT2D eigenvalue weighted by Gasteiger charge is -2.26. The molecule has 0 amide bonds. The number of aliphatic hydroxyl groups is 1. The van der Waals surface area contributed by atoms with Crippen molar-refractivity contribution < 1.29 is 5.11 Å². The molecule has 2 rings (SSSR count). The summed E-state index contributed by atoms with van der Waals surface area (Å²) in [4.78, 5) is 0. The molecule has 1 fully saturated rings. The van der Waals surface area contributed by atoms with E-state index in [1.54, 1.807) is 0 Å². The van der Waals surface area contributed by atoms with Crippen LogP contribution in [0.2, 0.25) is 0 Å². The Labute approximate surface area is 108 Å². The lowest BCUT2D eigenvalue weighted by atomic mass is 9.87. The van der Waals surface area contributed by atoms with Crippen LogP contribution in [0.1, 0.15) is 36.8 Å². The minimum absolute atomic E-state index is 0.102. The molecular formula is C15H20N2O. The van der Waals surface area contributed by atoms with E-state index in [0.29, 0.717) is 11.5 Å². The molecule has 3 heteroatoms. The number of anilines is 1. The summed E-state index contributed by atoms with van der Waals surface area (Å²) in [6, 6.07) is 8.06. The molecule has 1 saturated carbocycles. The van der Waals surface area contributed by atoms with Crippen LogP contribution in [0.5, 0.6) is 0 Å². The Morgan fingerprint density at radius 3 is 2.72 bits per heavy atom. The van der Waals surface area contributed by atoms with Crippen molar-refractivity contribution in [3.05, 3.63) is 29.3 Å². The Kier molecular flexibility index (Phi) is 4.22. The number of nitriles is 1. The van der Waals surface area contributed by atoms with Crippen molar-refractivity contribution in [2.45, 2.75) is 38.7 Å². The maximum atomic E-state index is 9.47. The lowest BCUT2D eigenvalue weighted by Crippen LogP contribution is -2.23. The van der Waals surface area contributed by atoms with Gasteiger partial charge in [0, 0.05) is 6.54 Å². The standard InChI is InChI=1S/C15H20N2O/c1-11-2-5-13(9-16)15(8-11)17-10-12-3-6-14(18)7-4-12/h2,5,8,12,14,17-18H,3-4,6-7,10H2,1H3. The number of hydrogen-bond donors (Lipinski definition) is 2. The Morgan fingerprint density at radius 2 is 2.06 bits per heavy atom. The van der Waals surface area contributed by atoms with Gasteiger partial charge in [0.2, 0.25) is 0 Å². The predicted molar refractivity (Wildman–Crippen MR) is 72.3 cm³/mol. The Morgan fingerprint density at radius 1 is 1.33 bits per heavy atom. The van der Waals surface area contributed by atoms with E-state index in [9.17, 15) is 5.11 Å². The van der Waals surface area contributed by atoms with Gasteiger partial charge < -0.3 is 10.4 Å². The molecule has 0 unspecified atom stereocenters. The molecule has 2 N–H and O–H groups in total. The maximum absolute atomic E-state index is 9.47. The van der Waals surface area contributed by atoms with Gasteiger partial charge in [0.1, 0.15) is 6.07 Å². The summed E-state index contributed by atoms with van der Waals surface area (Å²) in [5.41, 5.74) is 2.80. The molecule has 18 heavy (non-hydrogen) atoms. The van der Waals surface area contributed by atoms with Crippen molar-refractivity contribution in [3.63, 3.8) is 0 Å². The molecule has 1 aromatic rings. The topological polar surface area (TPSA) is 56.0 Å². The molecule has 1 aromatic carbocycles. The monoisotopic (exact) mass is 244 g/mol. The van der Waals surface area contributed by atoms with Gasteiger partial charge in [0.15, 0.2) is 0 Å². The SMILES string of the molecule is Cc1ccc(C#N)c(NCC2CCC(O)CC2)c1. The van der Waals surface area contributed by atoms with E-state index in [1.807, 2.05) is 25.1 Å². The van der Waals surface area contributed by atoms with Gasteiger partial charge in [0.05, 0.1) is 17.4 Å². The first-order valence-corrected chi connectivity index (χ1v) is 6.61. The molecule has 0 aromatic heterocycles. The highest BCUT2D eigenvalue weighted by Crippen LogP contribution is 2.25. The second-order valence-electron chi connectivity index (χ2n) is 5.22. The highest BCUT2D eigenvalue weighted by atomic mass is 16.3. The number of nitrogens with one attached hydrogen (secondary N) is 1. The van der Waals surface area contributed by atoms with Crippen LogP contribution < -0.4 is 5.32 Å². The quantitative estimate of drug-likeness (QED) is 0.859. The van der Waals surface area contributed by atoms with Crippen molar-refractivity contribution >= 4 is 5.69 Å². The summed E-state index contributed by atoms with van der Waals surface area (Å²) in [6.45, 7) is 2.92. The number of aryl methyl sites for hydroxylation is 1. The maximum Gasteiger partial charge on any atom is 0.101 e.